The van der Waals surface area contributed by atoms with E-state index in [1.165, 1.54) is 0 Å². The lowest BCUT2D eigenvalue weighted by Gasteiger charge is -2.03. The summed E-state index contributed by atoms with van der Waals surface area (Å²) >= 11 is 0. The monoisotopic (exact) mass is 239 g/mol. The molecule has 6 nitrogen and oxygen atoms in total. The van der Waals surface area contributed by atoms with Crippen LogP contribution in [0.5, 0.6) is 0 Å². The predicted octanol–water partition coefficient (Wildman–Crippen LogP) is 0.670. The molecule has 17 heavy (non-hydrogen) atoms. The molecule has 94 valence electrons. The Morgan fingerprint density at radius 2 is 2.29 bits per heavy atom. The van der Waals surface area contributed by atoms with Gasteiger partial charge in [-0.2, -0.15) is 0 Å². The molecule has 0 radical (unpaired) electrons. The first-order valence-corrected chi connectivity index (χ1v) is 5.51. The van der Waals surface area contributed by atoms with Crippen LogP contribution in [0, 0.1) is 0 Å². The Balaban J connectivity index is 2.19. The molecule has 0 aliphatic carbocycles. The molecule has 1 aromatic rings. The van der Waals surface area contributed by atoms with Gasteiger partial charge in [0.1, 0.15) is 5.69 Å². The zero-order chi connectivity index (χ0) is 12.7. The summed E-state index contributed by atoms with van der Waals surface area (Å²) in [7, 11) is 0. The zero-order valence-corrected chi connectivity index (χ0v) is 9.79. The summed E-state index contributed by atoms with van der Waals surface area (Å²) in [5, 5.41) is 2.68. The Bertz CT molecular complexity index is 387. The minimum Gasteiger partial charge on any atom is -0.466 e. The number of nitrogens with two attached hydrogens (primary N) is 1. The number of aromatic amines is 1. The van der Waals surface area contributed by atoms with Crippen molar-refractivity contribution < 1.29 is 14.3 Å². The van der Waals surface area contributed by atoms with Crippen LogP contribution >= 0.6 is 0 Å². The lowest BCUT2D eigenvalue weighted by Crippen LogP contribution is -2.25. The number of amides is 1. The van der Waals surface area contributed by atoms with Gasteiger partial charge in [0.2, 0.25) is 0 Å². The number of esters is 1. The molecule has 0 unspecified atom stereocenters. The average molecular weight is 239 g/mol. The number of rotatable bonds is 6. The second-order valence-corrected chi connectivity index (χ2v) is 3.51. The number of nitrogens with one attached hydrogen (secondary N) is 2. The highest BCUT2D eigenvalue weighted by Crippen LogP contribution is 2.03. The second kappa shape index (κ2) is 6.57. The maximum absolute atomic E-state index is 11.5. The maximum atomic E-state index is 11.5. The van der Waals surface area contributed by atoms with Crippen LogP contribution in [0.4, 0.5) is 5.69 Å². The first-order valence-electron chi connectivity index (χ1n) is 5.51. The third-order valence-electron chi connectivity index (χ3n) is 2.10. The third kappa shape index (κ3) is 4.58. The van der Waals surface area contributed by atoms with E-state index >= 15 is 0 Å². The number of ether oxygens (including phenoxy) is 1. The van der Waals surface area contributed by atoms with Gasteiger partial charge in [-0.3, -0.25) is 9.59 Å². The number of anilines is 1. The summed E-state index contributed by atoms with van der Waals surface area (Å²) in [4.78, 5) is 25.3. The van der Waals surface area contributed by atoms with Crippen molar-refractivity contribution in [3.63, 3.8) is 0 Å². The molecule has 1 heterocycles. The summed E-state index contributed by atoms with van der Waals surface area (Å²) in [5.41, 5.74) is 6.40. The van der Waals surface area contributed by atoms with E-state index in [4.69, 9.17) is 10.5 Å². The second-order valence-electron chi connectivity index (χ2n) is 3.51. The van der Waals surface area contributed by atoms with Crippen molar-refractivity contribution in [2.45, 2.75) is 19.8 Å². The Morgan fingerprint density at radius 3 is 2.88 bits per heavy atom. The Morgan fingerprint density at radius 1 is 1.53 bits per heavy atom. The summed E-state index contributed by atoms with van der Waals surface area (Å²) in [6.07, 6.45) is 2.41. The molecular formula is C11H17N3O3. The van der Waals surface area contributed by atoms with Crippen molar-refractivity contribution in [1.82, 2.24) is 10.3 Å². The van der Waals surface area contributed by atoms with Crippen LogP contribution in [0.25, 0.3) is 0 Å². The number of hydrogen-bond acceptors (Lipinski definition) is 4. The van der Waals surface area contributed by atoms with E-state index in [1.807, 2.05) is 0 Å². The first-order chi connectivity index (χ1) is 8.13. The Labute approximate surface area is 99.5 Å². The highest BCUT2D eigenvalue weighted by molar-refractivity contribution is 5.93. The van der Waals surface area contributed by atoms with E-state index in [0.29, 0.717) is 37.4 Å². The molecule has 0 aliphatic heterocycles. The number of hydrogen-bond donors (Lipinski definition) is 3. The summed E-state index contributed by atoms with van der Waals surface area (Å²) < 4.78 is 4.76. The topological polar surface area (TPSA) is 97.2 Å². The van der Waals surface area contributed by atoms with Crippen LogP contribution in [0.2, 0.25) is 0 Å². The molecule has 0 bridgehead atoms. The largest absolute Gasteiger partial charge is 0.466 e. The van der Waals surface area contributed by atoms with E-state index < -0.39 is 0 Å². The van der Waals surface area contributed by atoms with Gasteiger partial charge < -0.3 is 20.8 Å². The van der Waals surface area contributed by atoms with Gasteiger partial charge in [-0.05, 0) is 19.4 Å². The highest BCUT2D eigenvalue weighted by Gasteiger charge is 2.07. The average Bonchev–Trinajstić information content (AvgIpc) is 2.71. The number of carbonyl (C=O) groups excluding carboxylic acids is 2. The molecular weight excluding hydrogens is 222 g/mol. The van der Waals surface area contributed by atoms with Crippen LogP contribution in [0.15, 0.2) is 12.3 Å². The number of carbonyl (C=O) groups is 2. The van der Waals surface area contributed by atoms with Gasteiger partial charge in [0.25, 0.3) is 5.91 Å². The Hall–Kier alpha value is -1.98. The normalized spacial score (nSPS) is 9.94. The minimum atomic E-state index is -0.245. The lowest BCUT2D eigenvalue weighted by molar-refractivity contribution is -0.143. The number of aromatic nitrogens is 1. The molecule has 0 atom stereocenters. The smallest absolute Gasteiger partial charge is 0.305 e. The summed E-state index contributed by atoms with van der Waals surface area (Å²) in [6, 6.07) is 1.56. The van der Waals surface area contributed by atoms with Gasteiger partial charge in [-0.25, -0.2) is 0 Å². The molecule has 1 amide bonds. The molecule has 0 aromatic carbocycles. The Kier molecular flexibility index (Phi) is 5.06. The third-order valence-corrected chi connectivity index (χ3v) is 2.10. The quantitative estimate of drug-likeness (QED) is 0.502. The molecule has 0 fully saturated rings. The van der Waals surface area contributed by atoms with Crippen molar-refractivity contribution in [2.24, 2.45) is 0 Å². The predicted molar refractivity (Wildman–Crippen MR) is 63.4 cm³/mol. The fourth-order valence-corrected chi connectivity index (χ4v) is 1.31. The van der Waals surface area contributed by atoms with Gasteiger partial charge in [-0.1, -0.05) is 0 Å². The minimum absolute atomic E-state index is 0.231. The van der Waals surface area contributed by atoms with Gasteiger partial charge >= 0.3 is 5.97 Å². The van der Waals surface area contributed by atoms with Crippen LogP contribution in [0.1, 0.15) is 30.3 Å². The molecule has 1 aromatic heterocycles. The van der Waals surface area contributed by atoms with Crippen LogP contribution in [-0.2, 0) is 9.53 Å². The molecule has 0 saturated carbocycles. The SMILES string of the molecule is CCOC(=O)CCCNC(=O)c1cc(N)c[nH]1. The van der Waals surface area contributed by atoms with Crippen molar-refractivity contribution in [3.05, 3.63) is 18.0 Å². The molecule has 4 N–H and O–H groups in total. The van der Waals surface area contributed by atoms with E-state index in [-0.39, 0.29) is 11.9 Å². The van der Waals surface area contributed by atoms with Crippen LogP contribution in [-0.4, -0.2) is 30.0 Å². The molecule has 0 saturated heterocycles. The fraction of sp³-hybridized carbons (Fsp3) is 0.455. The van der Waals surface area contributed by atoms with E-state index in [0.717, 1.165) is 0 Å². The summed E-state index contributed by atoms with van der Waals surface area (Å²) in [6.45, 7) is 2.57. The maximum Gasteiger partial charge on any atom is 0.305 e. The number of nitrogen functional groups attached to an aromatic ring is 1. The zero-order valence-electron chi connectivity index (χ0n) is 9.79. The molecule has 6 heteroatoms. The number of H-pyrrole nitrogens is 1. The van der Waals surface area contributed by atoms with Gasteiger partial charge in [0.05, 0.1) is 6.61 Å². The standard InChI is InChI=1S/C11H17N3O3/c1-2-17-10(15)4-3-5-13-11(16)9-6-8(12)7-14-9/h6-7,14H,2-5,12H2,1H3,(H,13,16). The van der Waals surface area contributed by atoms with Crippen molar-refractivity contribution >= 4 is 17.6 Å². The van der Waals surface area contributed by atoms with Gasteiger partial charge in [0, 0.05) is 24.8 Å². The van der Waals surface area contributed by atoms with E-state index in [1.54, 1.807) is 19.2 Å². The highest BCUT2D eigenvalue weighted by atomic mass is 16.5. The fourth-order valence-electron chi connectivity index (χ4n) is 1.31. The lowest BCUT2D eigenvalue weighted by atomic mass is 10.3. The van der Waals surface area contributed by atoms with Crippen LogP contribution in [0.3, 0.4) is 0 Å². The first kappa shape index (κ1) is 13.1. The van der Waals surface area contributed by atoms with Crippen molar-refractivity contribution in [3.8, 4) is 0 Å². The van der Waals surface area contributed by atoms with Gasteiger partial charge in [-0.15, -0.1) is 0 Å². The van der Waals surface area contributed by atoms with E-state index in [9.17, 15) is 9.59 Å². The van der Waals surface area contributed by atoms with Crippen molar-refractivity contribution in [2.75, 3.05) is 18.9 Å². The molecule has 0 spiro atoms. The molecule has 0 aliphatic rings. The van der Waals surface area contributed by atoms with E-state index in [2.05, 4.69) is 10.3 Å². The summed E-state index contributed by atoms with van der Waals surface area (Å²) in [5.74, 6) is -0.476. The van der Waals surface area contributed by atoms with Crippen molar-refractivity contribution in [1.29, 1.82) is 0 Å². The van der Waals surface area contributed by atoms with Gasteiger partial charge in [0.15, 0.2) is 0 Å². The van der Waals surface area contributed by atoms with Crippen LogP contribution < -0.4 is 11.1 Å². The molecule has 1 rings (SSSR count).